The summed E-state index contributed by atoms with van der Waals surface area (Å²) in [6, 6.07) is 0.409. The molecule has 0 aromatic carbocycles. The summed E-state index contributed by atoms with van der Waals surface area (Å²) in [4.78, 5) is 9.20. The van der Waals surface area contributed by atoms with Crippen LogP contribution in [0.3, 0.4) is 0 Å². The maximum Gasteiger partial charge on any atom is 0.134 e. The van der Waals surface area contributed by atoms with E-state index in [2.05, 4.69) is 27.5 Å². The molecule has 1 fully saturated rings. The van der Waals surface area contributed by atoms with Crippen molar-refractivity contribution in [1.82, 2.24) is 9.97 Å². The number of rotatable bonds is 5. The Balaban J connectivity index is 2.14. The summed E-state index contributed by atoms with van der Waals surface area (Å²) in [6.07, 6.45) is 5.58. The van der Waals surface area contributed by atoms with E-state index in [-0.39, 0.29) is 6.10 Å². The van der Waals surface area contributed by atoms with Crippen molar-refractivity contribution in [2.24, 2.45) is 0 Å². The van der Waals surface area contributed by atoms with Crippen molar-refractivity contribution in [3.05, 3.63) is 11.4 Å². The zero-order chi connectivity index (χ0) is 14.5. The lowest BCUT2D eigenvalue weighted by Gasteiger charge is -2.27. The second kappa shape index (κ2) is 6.88. The van der Waals surface area contributed by atoms with E-state index < -0.39 is 0 Å². The topological polar surface area (TPSA) is 70.1 Å². The summed E-state index contributed by atoms with van der Waals surface area (Å²) in [5, 5.41) is 16.3. The van der Waals surface area contributed by atoms with Crippen molar-refractivity contribution < 1.29 is 5.11 Å². The fourth-order valence-corrected chi connectivity index (χ4v) is 2.70. The highest BCUT2D eigenvalue weighted by Gasteiger charge is 2.21. The second-order valence-electron chi connectivity index (χ2n) is 5.61. The van der Waals surface area contributed by atoms with Gasteiger partial charge in [-0.2, -0.15) is 0 Å². The zero-order valence-corrected chi connectivity index (χ0v) is 12.7. The lowest BCUT2D eigenvalue weighted by molar-refractivity contribution is 0.126. The molecule has 0 unspecified atom stereocenters. The minimum absolute atomic E-state index is 0.122. The van der Waals surface area contributed by atoms with Crippen molar-refractivity contribution in [2.75, 3.05) is 17.7 Å². The van der Waals surface area contributed by atoms with E-state index in [1.807, 2.05) is 14.0 Å². The molecule has 0 aliphatic heterocycles. The number of hydrogen-bond donors (Lipinski definition) is 3. The van der Waals surface area contributed by atoms with Gasteiger partial charge >= 0.3 is 0 Å². The Morgan fingerprint density at radius 1 is 1.15 bits per heavy atom. The molecule has 0 atom stereocenters. The molecular weight excluding hydrogens is 252 g/mol. The Morgan fingerprint density at radius 2 is 1.80 bits per heavy atom. The molecule has 1 aliphatic carbocycles. The first kappa shape index (κ1) is 15.0. The molecule has 20 heavy (non-hydrogen) atoms. The molecule has 1 aromatic rings. The number of aliphatic hydroxyl groups is 1. The van der Waals surface area contributed by atoms with Gasteiger partial charge in [0.25, 0.3) is 0 Å². The number of aliphatic hydroxyl groups excluding tert-OH is 1. The van der Waals surface area contributed by atoms with Gasteiger partial charge in [-0.3, -0.25) is 0 Å². The van der Waals surface area contributed by atoms with Gasteiger partial charge in [0, 0.05) is 25.1 Å². The van der Waals surface area contributed by atoms with E-state index in [0.29, 0.717) is 6.04 Å². The average Bonchev–Trinajstić information content (AvgIpc) is 2.45. The summed E-state index contributed by atoms with van der Waals surface area (Å²) in [5.74, 6) is 2.73. The molecule has 0 bridgehead atoms. The molecule has 1 aromatic heterocycles. The van der Waals surface area contributed by atoms with E-state index in [1.165, 1.54) is 0 Å². The van der Waals surface area contributed by atoms with Crippen LogP contribution in [0.4, 0.5) is 11.6 Å². The molecule has 1 aliphatic rings. The van der Waals surface area contributed by atoms with E-state index in [1.54, 1.807) is 0 Å². The first-order valence-corrected chi connectivity index (χ1v) is 7.63. The molecule has 1 heterocycles. The fourth-order valence-electron chi connectivity index (χ4n) is 2.70. The first-order valence-electron chi connectivity index (χ1n) is 7.63. The minimum atomic E-state index is -0.122. The Labute approximate surface area is 121 Å². The fraction of sp³-hybridized carbons (Fsp3) is 0.733. The highest BCUT2D eigenvalue weighted by molar-refractivity contribution is 5.57. The quantitative estimate of drug-likeness (QED) is 0.772. The first-order chi connectivity index (χ1) is 9.63. The average molecular weight is 278 g/mol. The monoisotopic (exact) mass is 278 g/mol. The second-order valence-corrected chi connectivity index (χ2v) is 5.61. The van der Waals surface area contributed by atoms with Crippen LogP contribution in [0, 0.1) is 6.92 Å². The Kier molecular flexibility index (Phi) is 5.17. The van der Waals surface area contributed by atoms with Gasteiger partial charge in [-0.15, -0.1) is 0 Å². The molecule has 1 saturated carbocycles. The third kappa shape index (κ3) is 3.60. The summed E-state index contributed by atoms with van der Waals surface area (Å²) < 4.78 is 0. The summed E-state index contributed by atoms with van der Waals surface area (Å²) >= 11 is 0. The van der Waals surface area contributed by atoms with Gasteiger partial charge in [0.2, 0.25) is 0 Å². The Bertz CT molecular complexity index is 442. The summed E-state index contributed by atoms with van der Waals surface area (Å²) in [5.41, 5.74) is 1.07. The predicted molar refractivity (Wildman–Crippen MR) is 82.2 cm³/mol. The maximum absolute atomic E-state index is 9.58. The molecular formula is C15H26N4O. The SMILES string of the molecule is CCCc1nc(NC)c(C)c(NC2CCC(O)CC2)n1. The highest BCUT2D eigenvalue weighted by Crippen LogP contribution is 2.25. The molecule has 5 heteroatoms. The van der Waals surface area contributed by atoms with Gasteiger partial charge in [-0.05, 0) is 39.0 Å². The van der Waals surface area contributed by atoms with Crippen molar-refractivity contribution in [2.45, 2.75) is 64.5 Å². The largest absolute Gasteiger partial charge is 0.393 e. The van der Waals surface area contributed by atoms with Crippen LogP contribution in [-0.4, -0.2) is 34.3 Å². The van der Waals surface area contributed by atoms with Gasteiger partial charge in [-0.25, -0.2) is 9.97 Å². The number of anilines is 2. The van der Waals surface area contributed by atoms with Crippen molar-refractivity contribution in [3.8, 4) is 0 Å². The standard InChI is InChI=1S/C15H26N4O/c1-4-5-13-18-14(16-3)10(2)15(19-13)17-11-6-8-12(20)9-7-11/h11-12,20H,4-9H2,1-3H3,(H2,16,17,18,19). The van der Waals surface area contributed by atoms with Gasteiger partial charge < -0.3 is 15.7 Å². The number of nitrogens with one attached hydrogen (secondary N) is 2. The van der Waals surface area contributed by atoms with E-state index in [4.69, 9.17) is 0 Å². The Hall–Kier alpha value is -1.36. The molecule has 3 N–H and O–H groups in total. The van der Waals surface area contributed by atoms with Gasteiger partial charge in [0.15, 0.2) is 0 Å². The predicted octanol–water partition coefficient (Wildman–Crippen LogP) is 2.49. The third-order valence-corrected chi connectivity index (χ3v) is 3.94. The highest BCUT2D eigenvalue weighted by atomic mass is 16.3. The molecule has 0 radical (unpaired) electrons. The van der Waals surface area contributed by atoms with Crippen LogP contribution in [0.2, 0.25) is 0 Å². The van der Waals surface area contributed by atoms with Crippen molar-refractivity contribution >= 4 is 11.6 Å². The summed E-state index contributed by atoms with van der Waals surface area (Å²) in [6.45, 7) is 4.18. The number of nitrogens with zero attached hydrogens (tertiary/aromatic N) is 2. The molecule has 5 nitrogen and oxygen atoms in total. The Morgan fingerprint density at radius 3 is 2.40 bits per heavy atom. The van der Waals surface area contributed by atoms with Crippen LogP contribution < -0.4 is 10.6 Å². The van der Waals surface area contributed by atoms with Gasteiger partial charge in [0.1, 0.15) is 17.5 Å². The van der Waals surface area contributed by atoms with Gasteiger partial charge in [-0.1, -0.05) is 6.92 Å². The van der Waals surface area contributed by atoms with Crippen molar-refractivity contribution in [1.29, 1.82) is 0 Å². The van der Waals surface area contributed by atoms with Crippen LogP contribution in [0.5, 0.6) is 0 Å². The number of aryl methyl sites for hydroxylation is 1. The molecule has 0 amide bonds. The van der Waals surface area contributed by atoms with E-state index >= 15 is 0 Å². The molecule has 0 saturated heterocycles. The van der Waals surface area contributed by atoms with Crippen LogP contribution in [0.15, 0.2) is 0 Å². The maximum atomic E-state index is 9.58. The number of hydrogen-bond acceptors (Lipinski definition) is 5. The molecule has 112 valence electrons. The van der Waals surface area contributed by atoms with Crippen LogP contribution in [0.1, 0.15) is 50.4 Å². The van der Waals surface area contributed by atoms with E-state index in [0.717, 1.165) is 61.5 Å². The normalized spacial score (nSPS) is 22.6. The third-order valence-electron chi connectivity index (χ3n) is 3.94. The molecule has 2 rings (SSSR count). The van der Waals surface area contributed by atoms with Crippen molar-refractivity contribution in [3.63, 3.8) is 0 Å². The van der Waals surface area contributed by atoms with Crippen LogP contribution in [0.25, 0.3) is 0 Å². The lowest BCUT2D eigenvalue weighted by Crippen LogP contribution is -2.29. The van der Waals surface area contributed by atoms with E-state index in [9.17, 15) is 5.11 Å². The van der Waals surface area contributed by atoms with Crippen LogP contribution >= 0.6 is 0 Å². The zero-order valence-electron chi connectivity index (χ0n) is 12.7. The van der Waals surface area contributed by atoms with Gasteiger partial charge in [0.05, 0.1) is 6.10 Å². The minimum Gasteiger partial charge on any atom is -0.393 e. The number of aromatic nitrogens is 2. The van der Waals surface area contributed by atoms with Crippen LogP contribution in [-0.2, 0) is 6.42 Å². The lowest BCUT2D eigenvalue weighted by atomic mass is 9.93. The molecule has 0 spiro atoms. The smallest absolute Gasteiger partial charge is 0.134 e. The summed E-state index contributed by atoms with van der Waals surface area (Å²) in [7, 11) is 1.89.